The van der Waals surface area contributed by atoms with Gasteiger partial charge in [0.25, 0.3) is 0 Å². The van der Waals surface area contributed by atoms with Crippen LogP contribution in [0.2, 0.25) is 0 Å². The van der Waals surface area contributed by atoms with Crippen molar-refractivity contribution in [1.82, 2.24) is 15.3 Å². The number of rotatable bonds is 6. The van der Waals surface area contributed by atoms with Gasteiger partial charge in [-0.15, -0.1) is 0 Å². The molecule has 1 atom stereocenters. The maximum atomic E-state index is 12.7. The Labute approximate surface area is 165 Å². The van der Waals surface area contributed by atoms with Gasteiger partial charge in [0.1, 0.15) is 0 Å². The van der Waals surface area contributed by atoms with Gasteiger partial charge in [0.2, 0.25) is 18.6 Å². The van der Waals surface area contributed by atoms with Crippen molar-refractivity contribution < 1.29 is 14.3 Å². The Kier molecular flexibility index (Phi) is 5.32. The number of nitrogens with zero attached hydrogens (tertiary/aromatic N) is 3. The first-order valence-corrected chi connectivity index (χ1v) is 9.94. The number of carbonyl (C=O) groups is 1. The van der Waals surface area contributed by atoms with E-state index in [-0.39, 0.29) is 18.6 Å². The summed E-state index contributed by atoms with van der Waals surface area (Å²) >= 11 is 0. The zero-order chi connectivity index (χ0) is 19.5. The van der Waals surface area contributed by atoms with Crippen LogP contribution in [-0.4, -0.2) is 35.8 Å². The van der Waals surface area contributed by atoms with E-state index in [1.54, 1.807) is 0 Å². The number of hydrogen-bond donors (Lipinski definition) is 1. The van der Waals surface area contributed by atoms with Crippen LogP contribution in [0.3, 0.4) is 0 Å². The average Bonchev–Trinajstić information content (AvgIpc) is 3.20. The third-order valence-corrected chi connectivity index (χ3v) is 5.46. The molecule has 1 unspecified atom stereocenters. The molecule has 1 aliphatic heterocycles. The molecule has 1 amide bonds. The number of nitrogens with one attached hydrogen (secondary N) is 1. The molecule has 0 fully saturated rings. The minimum atomic E-state index is -0.0376. The molecule has 2 aromatic rings. The lowest BCUT2D eigenvalue weighted by molar-refractivity contribution is -0.125. The predicted octanol–water partition coefficient (Wildman–Crippen LogP) is 2.47. The van der Waals surface area contributed by atoms with Gasteiger partial charge < -0.3 is 19.7 Å². The number of aromatic nitrogens is 2. The van der Waals surface area contributed by atoms with Crippen molar-refractivity contribution in [1.29, 1.82) is 0 Å². The first-order valence-electron chi connectivity index (χ1n) is 9.94. The molecule has 4 rings (SSSR count). The van der Waals surface area contributed by atoms with Gasteiger partial charge >= 0.3 is 0 Å². The molecule has 7 heteroatoms. The van der Waals surface area contributed by atoms with E-state index >= 15 is 0 Å². The van der Waals surface area contributed by atoms with Gasteiger partial charge in [0, 0.05) is 37.4 Å². The van der Waals surface area contributed by atoms with E-state index in [1.807, 2.05) is 24.4 Å². The normalized spacial score (nSPS) is 17.1. The smallest absolute Gasteiger partial charge is 0.231 e. The Hall–Kier alpha value is -2.83. The summed E-state index contributed by atoms with van der Waals surface area (Å²) in [6.07, 6.45) is 4.22. The number of carbonyl (C=O) groups excluding carboxylic acids is 1. The lowest BCUT2D eigenvalue weighted by atomic mass is 9.86. The fourth-order valence-corrected chi connectivity index (χ4v) is 3.76. The fourth-order valence-electron chi connectivity index (χ4n) is 3.76. The predicted molar refractivity (Wildman–Crippen MR) is 106 cm³/mol. The summed E-state index contributed by atoms with van der Waals surface area (Å²) in [6.45, 7) is 6.72. The fraction of sp³-hybridized carbons (Fsp3) is 0.476. The highest BCUT2D eigenvalue weighted by Crippen LogP contribution is 2.32. The second kappa shape index (κ2) is 8.04. The van der Waals surface area contributed by atoms with E-state index in [2.05, 4.69) is 29.0 Å². The molecule has 0 saturated carbocycles. The average molecular weight is 382 g/mol. The maximum Gasteiger partial charge on any atom is 0.231 e. The van der Waals surface area contributed by atoms with Crippen LogP contribution in [0.5, 0.6) is 11.5 Å². The number of aryl methyl sites for hydroxylation is 1. The first kappa shape index (κ1) is 18.5. The number of hydrogen-bond acceptors (Lipinski definition) is 6. The lowest BCUT2D eigenvalue weighted by Gasteiger charge is -2.25. The molecule has 148 valence electrons. The highest BCUT2D eigenvalue weighted by Gasteiger charge is 2.26. The highest BCUT2D eigenvalue weighted by atomic mass is 16.7. The Morgan fingerprint density at radius 1 is 1.25 bits per heavy atom. The molecule has 0 spiro atoms. The van der Waals surface area contributed by atoms with Crippen LogP contribution in [0, 0.1) is 5.92 Å². The van der Waals surface area contributed by atoms with Crippen molar-refractivity contribution in [3.8, 4) is 11.5 Å². The van der Waals surface area contributed by atoms with Crippen molar-refractivity contribution in [3.63, 3.8) is 0 Å². The van der Waals surface area contributed by atoms with Gasteiger partial charge in [-0.2, -0.15) is 0 Å². The quantitative estimate of drug-likeness (QED) is 0.827. The molecule has 0 bridgehead atoms. The Morgan fingerprint density at radius 3 is 2.89 bits per heavy atom. The van der Waals surface area contributed by atoms with E-state index in [9.17, 15) is 4.79 Å². The van der Waals surface area contributed by atoms with Gasteiger partial charge in [-0.25, -0.2) is 9.97 Å². The Morgan fingerprint density at radius 2 is 2.07 bits per heavy atom. The molecule has 0 saturated heterocycles. The lowest BCUT2D eigenvalue weighted by Crippen LogP contribution is -2.34. The second-order valence-electron chi connectivity index (χ2n) is 7.16. The van der Waals surface area contributed by atoms with Crippen LogP contribution in [0.15, 0.2) is 24.4 Å². The zero-order valence-corrected chi connectivity index (χ0v) is 16.4. The number of fused-ring (bicyclic) bond motifs is 2. The molecule has 1 aromatic carbocycles. The summed E-state index contributed by atoms with van der Waals surface area (Å²) in [5.41, 5.74) is 3.17. The molecule has 2 heterocycles. The number of amides is 1. The van der Waals surface area contributed by atoms with Crippen LogP contribution < -0.4 is 19.7 Å². The van der Waals surface area contributed by atoms with Crippen LogP contribution >= 0.6 is 0 Å². The molecule has 28 heavy (non-hydrogen) atoms. The monoisotopic (exact) mass is 382 g/mol. The van der Waals surface area contributed by atoms with Crippen molar-refractivity contribution in [2.75, 3.05) is 24.8 Å². The van der Waals surface area contributed by atoms with E-state index in [1.165, 1.54) is 0 Å². The van der Waals surface area contributed by atoms with Crippen LogP contribution in [0.4, 0.5) is 5.95 Å². The van der Waals surface area contributed by atoms with Gasteiger partial charge in [0.05, 0.1) is 0 Å². The highest BCUT2D eigenvalue weighted by molar-refractivity contribution is 5.79. The summed E-state index contributed by atoms with van der Waals surface area (Å²) in [5.74, 6) is 2.32. The minimum Gasteiger partial charge on any atom is -0.454 e. The molecule has 2 aliphatic rings. The van der Waals surface area contributed by atoms with Crippen LogP contribution in [0.25, 0.3) is 0 Å². The summed E-state index contributed by atoms with van der Waals surface area (Å²) in [5, 5.41) is 3.05. The van der Waals surface area contributed by atoms with Gasteiger partial charge in [-0.3, -0.25) is 4.79 Å². The van der Waals surface area contributed by atoms with E-state index in [0.717, 1.165) is 60.2 Å². The second-order valence-corrected chi connectivity index (χ2v) is 7.16. The minimum absolute atomic E-state index is 0.0376. The van der Waals surface area contributed by atoms with E-state index in [4.69, 9.17) is 14.5 Å². The number of benzene rings is 1. The number of ether oxygens (including phenoxy) is 2. The molecular weight excluding hydrogens is 356 g/mol. The molecule has 0 radical (unpaired) electrons. The van der Waals surface area contributed by atoms with Crippen molar-refractivity contribution in [2.45, 2.75) is 39.7 Å². The summed E-state index contributed by atoms with van der Waals surface area (Å²) in [6, 6.07) is 5.75. The molecule has 7 nitrogen and oxygen atoms in total. The third kappa shape index (κ3) is 3.74. The maximum absolute atomic E-state index is 12.7. The topological polar surface area (TPSA) is 76.6 Å². The van der Waals surface area contributed by atoms with E-state index in [0.29, 0.717) is 13.0 Å². The van der Waals surface area contributed by atoms with Gasteiger partial charge in [-0.05, 0) is 56.4 Å². The van der Waals surface area contributed by atoms with Gasteiger partial charge in [-0.1, -0.05) is 6.07 Å². The van der Waals surface area contributed by atoms with Crippen molar-refractivity contribution >= 4 is 11.9 Å². The van der Waals surface area contributed by atoms with Crippen molar-refractivity contribution in [3.05, 3.63) is 41.2 Å². The van der Waals surface area contributed by atoms with Gasteiger partial charge in [0.15, 0.2) is 11.5 Å². The summed E-state index contributed by atoms with van der Waals surface area (Å²) < 4.78 is 10.7. The zero-order valence-electron chi connectivity index (χ0n) is 16.4. The largest absolute Gasteiger partial charge is 0.454 e. The van der Waals surface area contributed by atoms with E-state index < -0.39 is 0 Å². The van der Waals surface area contributed by atoms with Crippen LogP contribution in [-0.2, 0) is 24.2 Å². The molecule has 1 N–H and O–H groups in total. The standard InChI is InChI=1S/C21H26N4O3/c1-3-25(4-2)21-23-12-16-10-15(6-7-17(16)24-21)20(26)22-11-14-5-8-18-19(9-14)28-13-27-18/h5,8-9,12,15H,3-4,6-7,10-11,13H2,1-2H3,(H,22,26). The molecular formula is C21H26N4O3. The first-order chi connectivity index (χ1) is 13.7. The summed E-state index contributed by atoms with van der Waals surface area (Å²) in [4.78, 5) is 24.1. The van der Waals surface area contributed by atoms with Crippen LogP contribution in [0.1, 0.15) is 37.1 Å². The number of anilines is 1. The third-order valence-electron chi connectivity index (χ3n) is 5.46. The van der Waals surface area contributed by atoms with Crippen molar-refractivity contribution in [2.24, 2.45) is 5.92 Å². The SMILES string of the molecule is CCN(CC)c1ncc2c(n1)CCC(C(=O)NCc1ccc3c(c1)OCO3)C2. The molecule has 1 aliphatic carbocycles. The Bertz CT molecular complexity index is 867. The molecule has 1 aromatic heterocycles. The summed E-state index contributed by atoms with van der Waals surface area (Å²) in [7, 11) is 0. The Balaban J connectivity index is 1.36.